The molecule has 0 fully saturated rings. The summed E-state index contributed by atoms with van der Waals surface area (Å²) in [6.07, 6.45) is 7.38. The molecule has 72 valence electrons. The molecule has 1 heterocycles. The standard InChI is InChI=1S/C12H13NO/c14-12(10-5-1-2-6-10)9-11-7-3-4-8-13-11/h3-5,7-8H,1-2,6,9H2. The summed E-state index contributed by atoms with van der Waals surface area (Å²) in [4.78, 5) is 15.8. The van der Waals surface area contributed by atoms with Crippen LogP contribution < -0.4 is 0 Å². The minimum absolute atomic E-state index is 0.237. The van der Waals surface area contributed by atoms with Crippen LogP contribution in [0.1, 0.15) is 25.0 Å². The molecule has 2 rings (SSSR count). The lowest BCUT2D eigenvalue weighted by Crippen LogP contribution is -2.05. The molecule has 0 saturated heterocycles. The highest BCUT2D eigenvalue weighted by molar-refractivity contribution is 5.96. The van der Waals surface area contributed by atoms with Crippen LogP contribution >= 0.6 is 0 Å². The second-order valence-corrected chi connectivity index (χ2v) is 3.54. The first-order valence-electron chi connectivity index (χ1n) is 4.98. The summed E-state index contributed by atoms with van der Waals surface area (Å²) in [6, 6.07) is 5.68. The molecule has 14 heavy (non-hydrogen) atoms. The predicted octanol–water partition coefficient (Wildman–Crippen LogP) is 2.30. The first-order chi connectivity index (χ1) is 6.86. The van der Waals surface area contributed by atoms with Gasteiger partial charge in [0.05, 0.1) is 6.42 Å². The summed E-state index contributed by atoms with van der Waals surface area (Å²) >= 11 is 0. The van der Waals surface area contributed by atoms with Gasteiger partial charge in [0.15, 0.2) is 5.78 Å². The molecular formula is C12H13NO. The van der Waals surface area contributed by atoms with Gasteiger partial charge in [-0.1, -0.05) is 12.1 Å². The zero-order valence-corrected chi connectivity index (χ0v) is 8.07. The summed E-state index contributed by atoms with van der Waals surface area (Å²) in [7, 11) is 0. The van der Waals surface area contributed by atoms with Gasteiger partial charge in [0.25, 0.3) is 0 Å². The number of allylic oxidation sites excluding steroid dienone is 2. The van der Waals surface area contributed by atoms with Gasteiger partial charge in [0, 0.05) is 11.9 Å². The smallest absolute Gasteiger partial charge is 0.164 e. The van der Waals surface area contributed by atoms with E-state index in [0.717, 1.165) is 30.5 Å². The number of nitrogens with zero attached hydrogens (tertiary/aromatic N) is 1. The van der Waals surface area contributed by atoms with E-state index in [1.807, 2.05) is 18.2 Å². The third-order valence-electron chi connectivity index (χ3n) is 2.47. The summed E-state index contributed by atoms with van der Waals surface area (Å²) in [5, 5.41) is 0. The van der Waals surface area contributed by atoms with Gasteiger partial charge in [-0.3, -0.25) is 9.78 Å². The number of carbonyl (C=O) groups excluding carboxylic acids is 1. The molecule has 2 nitrogen and oxygen atoms in total. The lowest BCUT2D eigenvalue weighted by Gasteiger charge is -2.00. The second-order valence-electron chi connectivity index (χ2n) is 3.54. The van der Waals surface area contributed by atoms with E-state index in [9.17, 15) is 4.79 Å². The second kappa shape index (κ2) is 4.18. The van der Waals surface area contributed by atoms with E-state index in [2.05, 4.69) is 11.1 Å². The van der Waals surface area contributed by atoms with Crippen LogP contribution in [0.25, 0.3) is 0 Å². The van der Waals surface area contributed by atoms with E-state index in [-0.39, 0.29) is 5.78 Å². The first-order valence-corrected chi connectivity index (χ1v) is 4.98. The monoisotopic (exact) mass is 187 g/mol. The molecule has 0 atom stereocenters. The van der Waals surface area contributed by atoms with Crippen molar-refractivity contribution in [1.29, 1.82) is 0 Å². The highest BCUT2D eigenvalue weighted by Crippen LogP contribution is 2.19. The molecule has 0 N–H and O–H groups in total. The van der Waals surface area contributed by atoms with Crippen molar-refractivity contribution in [2.24, 2.45) is 0 Å². The number of hydrogen-bond donors (Lipinski definition) is 0. The molecule has 0 unspecified atom stereocenters. The maximum Gasteiger partial charge on any atom is 0.164 e. The van der Waals surface area contributed by atoms with Crippen LogP contribution in [0.3, 0.4) is 0 Å². The zero-order chi connectivity index (χ0) is 9.80. The van der Waals surface area contributed by atoms with Crippen molar-refractivity contribution in [3.63, 3.8) is 0 Å². The van der Waals surface area contributed by atoms with E-state index in [0.29, 0.717) is 6.42 Å². The Morgan fingerprint density at radius 3 is 3.00 bits per heavy atom. The van der Waals surface area contributed by atoms with Gasteiger partial charge in [-0.2, -0.15) is 0 Å². The van der Waals surface area contributed by atoms with E-state index in [4.69, 9.17) is 0 Å². The molecule has 0 spiro atoms. The average molecular weight is 187 g/mol. The summed E-state index contributed by atoms with van der Waals surface area (Å²) in [5.41, 5.74) is 1.86. The maximum absolute atomic E-state index is 11.7. The SMILES string of the molecule is O=C(Cc1ccccn1)C1=CCCC1. The molecule has 0 aromatic carbocycles. The summed E-state index contributed by atoms with van der Waals surface area (Å²) in [6.45, 7) is 0. The molecule has 0 bridgehead atoms. The fourth-order valence-corrected chi connectivity index (χ4v) is 1.70. The molecular weight excluding hydrogens is 174 g/mol. The quantitative estimate of drug-likeness (QED) is 0.726. The van der Waals surface area contributed by atoms with Crippen LogP contribution in [0, 0.1) is 0 Å². The Labute approximate surface area is 83.7 Å². The van der Waals surface area contributed by atoms with Crippen molar-refractivity contribution >= 4 is 5.78 Å². The van der Waals surface area contributed by atoms with Gasteiger partial charge < -0.3 is 0 Å². The van der Waals surface area contributed by atoms with Gasteiger partial charge in [-0.05, 0) is 37.0 Å². The largest absolute Gasteiger partial charge is 0.294 e. The molecule has 0 radical (unpaired) electrons. The van der Waals surface area contributed by atoms with E-state index in [1.54, 1.807) is 6.20 Å². The van der Waals surface area contributed by atoms with Crippen molar-refractivity contribution < 1.29 is 4.79 Å². The molecule has 0 saturated carbocycles. The van der Waals surface area contributed by atoms with Crippen LogP contribution in [0.15, 0.2) is 36.0 Å². The number of pyridine rings is 1. The van der Waals surface area contributed by atoms with Crippen LogP contribution in [0.4, 0.5) is 0 Å². The average Bonchev–Trinajstić information content (AvgIpc) is 2.72. The first kappa shape index (κ1) is 9.13. The van der Waals surface area contributed by atoms with Gasteiger partial charge >= 0.3 is 0 Å². The van der Waals surface area contributed by atoms with Gasteiger partial charge in [0.1, 0.15) is 0 Å². The third kappa shape index (κ3) is 2.08. The Morgan fingerprint density at radius 2 is 2.36 bits per heavy atom. The Kier molecular flexibility index (Phi) is 2.73. The zero-order valence-electron chi connectivity index (χ0n) is 8.07. The number of rotatable bonds is 3. The van der Waals surface area contributed by atoms with E-state index < -0.39 is 0 Å². The number of Topliss-reactive ketones (excluding diaryl/α,β-unsaturated/α-hetero) is 1. The molecule has 1 aliphatic carbocycles. The molecule has 0 amide bonds. The Morgan fingerprint density at radius 1 is 1.43 bits per heavy atom. The normalized spacial score (nSPS) is 15.3. The van der Waals surface area contributed by atoms with Gasteiger partial charge in [0.2, 0.25) is 0 Å². The highest BCUT2D eigenvalue weighted by Gasteiger charge is 2.13. The fraction of sp³-hybridized carbons (Fsp3) is 0.333. The number of hydrogen-bond acceptors (Lipinski definition) is 2. The third-order valence-corrected chi connectivity index (χ3v) is 2.47. The fourth-order valence-electron chi connectivity index (χ4n) is 1.70. The van der Waals surface area contributed by atoms with Gasteiger partial charge in [-0.15, -0.1) is 0 Å². The van der Waals surface area contributed by atoms with Crippen LogP contribution in [-0.4, -0.2) is 10.8 Å². The van der Waals surface area contributed by atoms with Crippen molar-refractivity contribution in [2.45, 2.75) is 25.7 Å². The molecule has 0 aliphatic heterocycles. The highest BCUT2D eigenvalue weighted by atomic mass is 16.1. The van der Waals surface area contributed by atoms with Crippen molar-refractivity contribution in [1.82, 2.24) is 4.98 Å². The molecule has 1 aromatic rings. The van der Waals surface area contributed by atoms with Crippen molar-refractivity contribution in [3.8, 4) is 0 Å². The van der Waals surface area contributed by atoms with Crippen molar-refractivity contribution in [2.75, 3.05) is 0 Å². The Bertz CT molecular complexity index is 354. The maximum atomic E-state index is 11.7. The van der Waals surface area contributed by atoms with Gasteiger partial charge in [-0.25, -0.2) is 0 Å². The number of aromatic nitrogens is 1. The minimum Gasteiger partial charge on any atom is -0.294 e. The molecule has 1 aliphatic rings. The molecule has 1 aromatic heterocycles. The topological polar surface area (TPSA) is 30.0 Å². The summed E-state index contributed by atoms with van der Waals surface area (Å²) < 4.78 is 0. The minimum atomic E-state index is 0.237. The van der Waals surface area contributed by atoms with E-state index >= 15 is 0 Å². The number of ketones is 1. The number of carbonyl (C=O) groups is 1. The summed E-state index contributed by atoms with van der Waals surface area (Å²) in [5.74, 6) is 0.237. The van der Waals surface area contributed by atoms with E-state index in [1.165, 1.54) is 0 Å². The van der Waals surface area contributed by atoms with Crippen molar-refractivity contribution in [3.05, 3.63) is 41.7 Å². The lowest BCUT2D eigenvalue weighted by atomic mass is 10.1. The van der Waals surface area contributed by atoms with Crippen LogP contribution in [0.5, 0.6) is 0 Å². The lowest BCUT2D eigenvalue weighted by molar-refractivity contribution is -0.115. The predicted molar refractivity (Wildman–Crippen MR) is 54.9 cm³/mol. The van der Waals surface area contributed by atoms with Crippen LogP contribution in [0.2, 0.25) is 0 Å². The Hall–Kier alpha value is -1.44. The van der Waals surface area contributed by atoms with Crippen LogP contribution in [-0.2, 0) is 11.2 Å². The molecule has 2 heteroatoms. The Balaban J connectivity index is 2.01.